The predicted molar refractivity (Wildman–Crippen MR) is 129 cm³/mol. The van der Waals surface area contributed by atoms with E-state index < -0.39 is 11.8 Å². The number of amides is 3. The van der Waals surface area contributed by atoms with Gasteiger partial charge in [-0.1, -0.05) is 53.2 Å². The highest BCUT2D eigenvalue weighted by Crippen LogP contribution is 2.31. The molecule has 1 aliphatic heterocycles. The van der Waals surface area contributed by atoms with Gasteiger partial charge in [-0.3, -0.25) is 24.2 Å². The average Bonchev–Trinajstić information content (AvgIpc) is 3.31. The first-order chi connectivity index (χ1) is 15.4. The van der Waals surface area contributed by atoms with Crippen LogP contribution in [0.3, 0.4) is 0 Å². The van der Waals surface area contributed by atoms with Gasteiger partial charge < -0.3 is 4.90 Å². The van der Waals surface area contributed by atoms with Gasteiger partial charge in [0.2, 0.25) is 5.91 Å². The van der Waals surface area contributed by atoms with Crippen LogP contribution in [0.15, 0.2) is 46.9 Å². The molecule has 0 unspecified atom stereocenters. The van der Waals surface area contributed by atoms with Crippen LogP contribution in [0.2, 0.25) is 0 Å². The van der Waals surface area contributed by atoms with Crippen molar-refractivity contribution in [1.29, 1.82) is 0 Å². The lowest BCUT2D eigenvalue weighted by Crippen LogP contribution is -2.45. The largest absolute Gasteiger partial charge is 0.302 e. The van der Waals surface area contributed by atoms with Crippen LogP contribution in [-0.2, 0) is 4.79 Å². The molecule has 0 saturated carbocycles. The maximum absolute atomic E-state index is 13.4. The highest BCUT2D eigenvalue weighted by atomic mass is 79.9. The summed E-state index contributed by atoms with van der Waals surface area (Å²) in [4.78, 5) is 48.4. The van der Waals surface area contributed by atoms with Crippen LogP contribution in [-0.4, -0.2) is 65.2 Å². The summed E-state index contributed by atoms with van der Waals surface area (Å²) < 4.78 is 1.89. The number of hydrogen-bond acceptors (Lipinski definition) is 6. The zero-order valence-electron chi connectivity index (χ0n) is 17.9. The molecule has 0 radical (unpaired) electrons. The second-order valence-corrected chi connectivity index (χ2v) is 9.35. The number of likely N-dealkylation sites (N-methyl/N-ethyl adjacent to an activating group) is 1. The quantitative estimate of drug-likeness (QED) is 0.424. The minimum atomic E-state index is -0.434. The first kappa shape index (κ1) is 22.6. The number of halogens is 1. The molecule has 3 aromatic rings. The van der Waals surface area contributed by atoms with E-state index in [2.05, 4.69) is 39.7 Å². The minimum absolute atomic E-state index is 0.315. The van der Waals surface area contributed by atoms with Crippen LogP contribution in [0.4, 0.5) is 5.13 Å². The topological polar surface area (TPSA) is 73.8 Å². The molecule has 0 N–H and O–H groups in total. The zero-order valence-corrected chi connectivity index (χ0v) is 20.3. The molecule has 0 saturated heterocycles. The van der Waals surface area contributed by atoms with Gasteiger partial charge in [0.15, 0.2) is 5.13 Å². The van der Waals surface area contributed by atoms with Crippen molar-refractivity contribution < 1.29 is 14.4 Å². The summed E-state index contributed by atoms with van der Waals surface area (Å²) in [7, 11) is 0. The van der Waals surface area contributed by atoms with E-state index in [0.29, 0.717) is 29.3 Å². The van der Waals surface area contributed by atoms with Crippen molar-refractivity contribution in [3.63, 3.8) is 0 Å². The molecular weight excluding hydrogens is 492 g/mol. The average molecular weight is 515 g/mol. The number of imide groups is 1. The molecule has 166 valence electrons. The fraction of sp³-hybridized carbons (Fsp3) is 0.304. The highest BCUT2D eigenvalue weighted by Gasteiger charge is 2.37. The Morgan fingerprint density at radius 3 is 2.31 bits per heavy atom. The molecule has 0 bridgehead atoms. The van der Waals surface area contributed by atoms with Crippen LogP contribution in [0.25, 0.3) is 10.2 Å². The van der Waals surface area contributed by atoms with Crippen molar-refractivity contribution in [2.45, 2.75) is 13.8 Å². The minimum Gasteiger partial charge on any atom is -0.302 e. The van der Waals surface area contributed by atoms with Crippen LogP contribution in [0.5, 0.6) is 0 Å². The molecule has 32 heavy (non-hydrogen) atoms. The second-order valence-electron chi connectivity index (χ2n) is 7.42. The number of carbonyl (C=O) groups is 3. The van der Waals surface area contributed by atoms with Crippen LogP contribution < -0.4 is 4.90 Å². The Balaban J connectivity index is 1.61. The van der Waals surface area contributed by atoms with E-state index >= 15 is 0 Å². The Labute approximate surface area is 198 Å². The molecule has 3 amide bonds. The molecule has 0 aliphatic carbocycles. The Morgan fingerprint density at radius 2 is 1.69 bits per heavy atom. The van der Waals surface area contributed by atoms with Crippen molar-refractivity contribution in [3.8, 4) is 0 Å². The SMILES string of the molecule is CCN(CC)CCN(C(=O)CN1C(=O)c2ccccc2C1=O)c1nc2ccc(Br)cc2s1. The number of fused-ring (bicyclic) bond motifs is 2. The molecule has 0 spiro atoms. The monoisotopic (exact) mass is 514 g/mol. The third-order valence-corrected chi connectivity index (χ3v) is 7.11. The molecule has 1 aliphatic rings. The number of anilines is 1. The second kappa shape index (κ2) is 9.48. The lowest BCUT2D eigenvalue weighted by molar-refractivity contribution is -0.119. The number of hydrogen-bond donors (Lipinski definition) is 0. The Hall–Kier alpha value is -2.62. The van der Waals surface area contributed by atoms with E-state index in [9.17, 15) is 14.4 Å². The number of benzene rings is 2. The molecule has 7 nitrogen and oxygen atoms in total. The first-order valence-electron chi connectivity index (χ1n) is 10.5. The molecule has 0 fully saturated rings. The summed E-state index contributed by atoms with van der Waals surface area (Å²) in [6.45, 7) is 6.65. The number of carbonyl (C=O) groups excluding carboxylic acids is 3. The van der Waals surface area contributed by atoms with Gasteiger partial charge in [0, 0.05) is 17.6 Å². The van der Waals surface area contributed by atoms with Gasteiger partial charge in [-0.2, -0.15) is 0 Å². The van der Waals surface area contributed by atoms with Crippen molar-refractivity contribution in [1.82, 2.24) is 14.8 Å². The lowest BCUT2D eigenvalue weighted by atomic mass is 10.1. The van der Waals surface area contributed by atoms with E-state index in [1.54, 1.807) is 29.2 Å². The van der Waals surface area contributed by atoms with E-state index in [-0.39, 0.29) is 12.5 Å². The van der Waals surface area contributed by atoms with Gasteiger partial charge in [0.05, 0.1) is 21.3 Å². The highest BCUT2D eigenvalue weighted by molar-refractivity contribution is 9.10. The van der Waals surface area contributed by atoms with E-state index in [1.165, 1.54) is 11.3 Å². The number of thiazole rings is 1. The fourth-order valence-electron chi connectivity index (χ4n) is 3.71. The summed E-state index contributed by atoms with van der Waals surface area (Å²) in [6.07, 6.45) is 0. The number of rotatable bonds is 8. The lowest BCUT2D eigenvalue weighted by Gasteiger charge is -2.26. The van der Waals surface area contributed by atoms with Gasteiger partial charge in [-0.15, -0.1) is 0 Å². The summed E-state index contributed by atoms with van der Waals surface area (Å²) in [6, 6.07) is 12.4. The van der Waals surface area contributed by atoms with Gasteiger partial charge in [-0.05, 0) is 43.4 Å². The van der Waals surface area contributed by atoms with Crippen molar-refractivity contribution in [3.05, 3.63) is 58.1 Å². The summed E-state index contributed by atoms with van der Waals surface area (Å²) in [5.74, 6) is -1.20. The van der Waals surface area contributed by atoms with Crippen molar-refractivity contribution in [2.75, 3.05) is 37.6 Å². The van der Waals surface area contributed by atoms with Gasteiger partial charge in [-0.25, -0.2) is 4.98 Å². The molecule has 4 rings (SSSR count). The van der Waals surface area contributed by atoms with Crippen molar-refractivity contribution in [2.24, 2.45) is 0 Å². The molecule has 2 aromatic carbocycles. The summed E-state index contributed by atoms with van der Waals surface area (Å²) in [5, 5.41) is 0.562. The third-order valence-electron chi connectivity index (χ3n) is 5.58. The Kier molecular flexibility index (Phi) is 6.68. The predicted octanol–water partition coefficient (Wildman–Crippen LogP) is 4.03. The Bertz CT molecular complexity index is 1160. The maximum atomic E-state index is 13.4. The van der Waals surface area contributed by atoms with Gasteiger partial charge in [0.1, 0.15) is 6.54 Å². The first-order valence-corrected chi connectivity index (χ1v) is 12.1. The van der Waals surface area contributed by atoms with E-state index in [4.69, 9.17) is 0 Å². The van der Waals surface area contributed by atoms with E-state index in [1.807, 2.05) is 18.2 Å². The van der Waals surface area contributed by atoms with Crippen LogP contribution in [0.1, 0.15) is 34.6 Å². The van der Waals surface area contributed by atoms with Crippen LogP contribution in [0, 0.1) is 0 Å². The third kappa shape index (κ3) is 4.32. The normalized spacial score (nSPS) is 13.3. The van der Waals surface area contributed by atoms with Crippen LogP contribution >= 0.6 is 27.3 Å². The fourth-order valence-corrected chi connectivity index (χ4v) is 5.27. The Morgan fingerprint density at radius 1 is 1.03 bits per heavy atom. The summed E-state index contributed by atoms with van der Waals surface area (Å²) in [5.41, 5.74) is 1.48. The molecular formula is C23H23BrN4O3S. The van der Waals surface area contributed by atoms with Gasteiger partial charge in [0.25, 0.3) is 11.8 Å². The zero-order chi connectivity index (χ0) is 22.8. The summed E-state index contributed by atoms with van der Waals surface area (Å²) >= 11 is 4.89. The molecule has 2 heterocycles. The molecule has 0 atom stereocenters. The van der Waals surface area contributed by atoms with Gasteiger partial charge >= 0.3 is 0 Å². The maximum Gasteiger partial charge on any atom is 0.262 e. The number of nitrogens with zero attached hydrogens (tertiary/aromatic N) is 4. The van der Waals surface area contributed by atoms with Crippen molar-refractivity contribution >= 4 is 60.3 Å². The smallest absolute Gasteiger partial charge is 0.262 e. The number of aromatic nitrogens is 1. The molecule has 9 heteroatoms. The van der Waals surface area contributed by atoms with E-state index in [0.717, 1.165) is 32.7 Å². The standard InChI is InChI=1S/C23H23BrN4O3S/c1-3-26(4-2)11-12-27(23-25-18-10-9-15(24)13-19(18)32-23)20(29)14-28-21(30)16-7-5-6-8-17(16)22(28)31/h5-10,13H,3-4,11-12,14H2,1-2H3. The molecule has 1 aromatic heterocycles.